The Balaban J connectivity index is 1.73. The van der Waals surface area contributed by atoms with Gasteiger partial charge in [0.1, 0.15) is 16.9 Å². The Hall–Kier alpha value is -2.83. The number of nitrogens with one attached hydrogen (secondary N) is 1. The first kappa shape index (κ1) is 19.5. The summed E-state index contributed by atoms with van der Waals surface area (Å²) in [5.74, 6) is 0.460. The minimum absolute atomic E-state index is 0.0489. The van der Waals surface area contributed by atoms with E-state index in [0.29, 0.717) is 28.4 Å². The maximum absolute atomic E-state index is 12.9. The second-order valence-corrected chi connectivity index (χ2v) is 7.24. The fourth-order valence-corrected chi connectivity index (χ4v) is 3.41. The zero-order valence-electron chi connectivity index (χ0n) is 16.0. The van der Waals surface area contributed by atoms with Gasteiger partial charge in [-0.25, -0.2) is 4.99 Å². The van der Waals surface area contributed by atoms with E-state index in [2.05, 4.69) is 10.3 Å². The summed E-state index contributed by atoms with van der Waals surface area (Å²) >= 11 is 6.10. The van der Waals surface area contributed by atoms with Gasteiger partial charge in [0.2, 0.25) is 5.55 Å². The van der Waals surface area contributed by atoms with Crippen molar-refractivity contribution in [3.05, 3.63) is 64.7 Å². The summed E-state index contributed by atoms with van der Waals surface area (Å²) in [7, 11) is 1.60. The van der Waals surface area contributed by atoms with Crippen LogP contribution in [0.3, 0.4) is 0 Å². The minimum Gasteiger partial charge on any atom is -0.497 e. The molecule has 29 heavy (non-hydrogen) atoms. The van der Waals surface area contributed by atoms with Gasteiger partial charge in [0.25, 0.3) is 5.91 Å². The van der Waals surface area contributed by atoms with Crippen LogP contribution in [0.2, 0.25) is 5.02 Å². The van der Waals surface area contributed by atoms with Gasteiger partial charge in [-0.15, -0.1) is 0 Å². The van der Waals surface area contributed by atoms with Crippen LogP contribution >= 0.6 is 11.6 Å². The Morgan fingerprint density at radius 3 is 2.79 bits per heavy atom. The molecule has 0 aliphatic carbocycles. The van der Waals surface area contributed by atoms with E-state index in [9.17, 15) is 4.79 Å². The van der Waals surface area contributed by atoms with Crippen LogP contribution in [0, 0.1) is 0 Å². The summed E-state index contributed by atoms with van der Waals surface area (Å²) in [4.78, 5) is 17.4. The topological polar surface area (TPSA) is 73.1 Å². The molecule has 1 fully saturated rings. The van der Waals surface area contributed by atoms with E-state index in [0.717, 1.165) is 30.6 Å². The summed E-state index contributed by atoms with van der Waals surface area (Å²) in [5, 5.41) is 4.23. The van der Waals surface area contributed by atoms with E-state index in [4.69, 9.17) is 25.5 Å². The van der Waals surface area contributed by atoms with E-state index in [1.54, 1.807) is 55.6 Å². The zero-order valence-corrected chi connectivity index (χ0v) is 16.7. The molecule has 0 saturated carbocycles. The molecule has 6 nitrogen and oxygen atoms in total. The third-order valence-corrected chi connectivity index (χ3v) is 5.01. The van der Waals surface area contributed by atoms with Crippen LogP contribution in [0.4, 0.5) is 5.69 Å². The average Bonchev–Trinajstić information content (AvgIpc) is 3.26. The largest absolute Gasteiger partial charge is 0.497 e. The first-order valence-corrected chi connectivity index (χ1v) is 9.82. The van der Waals surface area contributed by atoms with Crippen molar-refractivity contribution in [3.8, 4) is 5.75 Å². The molecule has 4 rings (SSSR count). The van der Waals surface area contributed by atoms with Crippen LogP contribution in [0.1, 0.15) is 23.2 Å². The number of benzene rings is 2. The van der Waals surface area contributed by atoms with Crippen molar-refractivity contribution in [1.29, 1.82) is 0 Å². The molecule has 1 saturated heterocycles. The molecule has 7 heteroatoms. The van der Waals surface area contributed by atoms with Crippen LogP contribution in [0.15, 0.2) is 57.9 Å². The van der Waals surface area contributed by atoms with E-state index >= 15 is 0 Å². The molecule has 0 spiro atoms. The first-order chi connectivity index (χ1) is 14.1. The molecular formula is C22H21ClN2O4. The van der Waals surface area contributed by atoms with E-state index in [1.165, 1.54) is 0 Å². The summed E-state index contributed by atoms with van der Waals surface area (Å²) in [6, 6.07) is 14.2. The molecular weight excluding hydrogens is 392 g/mol. The Bertz CT molecular complexity index is 1090. The average molecular weight is 413 g/mol. The van der Waals surface area contributed by atoms with Gasteiger partial charge in [0.15, 0.2) is 0 Å². The number of carbonyl (C=O) groups is 1. The maximum Gasteiger partial charge on any atom is 0.256 e. The molecule has 1 atom stereocenters. The monoisotopic (exact) mass is 412 g/mol. The molecule has 0 radical (unpaired) electrons. The van der Waals surface area contributed by atoms with Gasteiger partial charge in [-0.1, -0.05) is 11.6 Å². The van der Waals surface area contributed by atoms with E-state index in [1.807, 2.05) is 0 Å². The number of carbonyl (C=O) groups excluding carboxylic acids is 1. The Kier molecular flexibility index (Phi) is 5.83. The SMILES string of the molecule is COc1ccc(N=c2oc3ccc(Cl)cc3cc2C(=O)NC[C@@H]2CCCO2)cc1. The Labute approximate surface area is 173 Å². The van der Waals surface area contributed by atoms with Gasteiger partial charge < -0.3 is 19.2 Å². The van der Waals surface area contributed by atoms with Crippen molar-refractivity contribution in [2.45, 2.75) is 18.9 Å². The quantitative estimate of drug-likeness (QED) is 0.680. The van der Waals surface area contributed by atoms with Gasteiger partial charge in [0, 0.05) is 23.6 Å². The molecule has 1 N–H and O–H groups in total. The number of methoxy groups -OCH3 is 1. The van der Waals surface area contributed by atoms with Crippen molar-refractivity contribution in [2.75, 3.05) is 20.3 Å². The highest BCUT2D eigenvalue weighted by atomic mass is 35.5. The van der Waals surface area contributed by atoms with Crippen molar-refractivity contribution < 1.29 is 18.7 Å². The molecule has 0 bridgehead atoms. The van der Waals surface area contributed by atoms with Crippen LogP contribution in [0.5, 0.6) is 5.75 Å². The van der Waals surface area contributed by atoms with Crippen LogP contribution < -0.4 is 15.6 Å². The van der Waals surface area contributed by atoms with E-state index in [-0.39, 0.29) is 17.6 Å². The van der Waals surface area contributed by atoms with Crippen LogP contribution in [0.25, 0.3) is 11.0 Å². The first-order valence-electron chi connectivity index (χ1n) is 9.44. The number of rotatable bonds is 5. The minimum atomic E-state index is -0.265. The van der Waals surface area contributed by atoms with Crippen molar-refractivity contribution in [1.82, 2.24) is 5.32 Å². The predicted molar refractivity (Wildman–Crippen MR) is 111 cm³/mol. The van der Waals surface area contributed by atoms with Gasteiger partial charge in [-0.3, -0.25) is 4.79 Å². The van der Waals surface area contributed by atoms with Gasteiger partial charge >= 0.3 is 0 Å². The number of hydrogen-bond donors (Lipinski definition) is 1. The lowest BCUT2D eigenvalue weighted by Crippen LogP contribution is -2.34. The number of hydrogen-bond acceptors (Lipinski definition) is 5. The Morgan fingerprint density at radius 2 is 2.07 bits per heavy atom. The maximum atomic E-state index is 12.9. The standard InChI is InChI=1S/C22H21ClN2O4/c1-27-17-7-5-16(6-8-17)25-22-19(21(26)24-13-18-3-2-10-28-18)12-14-11-15(23)4-9-20(14)29-22/h4-9,11-12,18H,2-3,10,13H2,1H3,(H,24,26)/t18-/m0/s1. The lowest BCUT2D eigenvalue weighted by atomic mass is 10.1. The smallest absolute Gasteiger partial charge is 0.256 e. The van der Waals surface area contributed by atoms with Crippen LogP contribution in [-0.4, -0.2) is 32.3 Å². The third-order valence-electron chi connectivity index (χ3n) is 4.77. The number of amides is 1. The highest BCUT2D eigenvalue weighted by Gasteiger charge is 2.18. The third kappa shape index (κ3) is 4.60. The van der Waals surface area contributed by atoms with Crippen molar-refractivity contribution >= 4 is 34.2 Å². The Morgan fingerprint density at radius 1 is 1.24 bits per heavy atom. The van der Waals surface area contributed by atoms with E-state index < -0.39 is 0 Å². The number of ether oxygens (including phenoxy) is 2. The molecule has 1 aliphatic heterocycles. The fourth-order valence-electron chi connectivity index (χ4n) is 3.23. The second-order valence-electron chi connectivity index (χ2n) is 6.80. The highest BCUT2D eigenvalue weighted by molar-refractivity contribution is 6.31. The summed E-state index contributed by atoms with van der Waals surface area (Å²) < 4.78 is 16.7. The summed E-state index contributed by atoms with van der Waals surface area (Å²) in [6.45, 7) is 1.19. The molecule has 2 aromatic carbocycles. The predicted octanol–water partition coefficient (Wildman–Crippen LogP) is 4.24. The lowest BCUT2D eigenvalue weighted by Gasteiger charge is -2.11. The zero-order chi connectivity index (χ0) is 20.2. The number of fused-ring (bicyclic) bond motifs is 1. The summed E-state index contributed by atoms with van der Waals surface area (Å²) in [5.41, 5.74) is 1.82. The van der Waals surface area contributed by atoms with Crippen molar-refractivity contribution in [3.63, 3.8) is 0 Å². The highest BCUT2D eigenvalue weighted by Crippen LogP contribution is 2.21. The number of nitrogens with zero attached hydrogens (tertiary/aromatic N) is 1. The lowest BCUT2D eigenvalue weighted by molar-refractivity contribution is 0.0854. The molecule has 0 unspecified atom stereocenters. The molecule has 3 aromatic rings. The number of halogens is 1. The van der Waals surface area contributed by atoms with Gasteiger partial charge in [-0.05, 0) is 61.4 Å². The fraction of sp³-hybridized carbons (Fsp3) is 0.273. The molecule has 1 aromatic heterocycles. The summed E-state index contributed by atoms with van der Waals surface area (Å²) in [6.07, 6.45) is 2.01. The second kappa shape index (κ2) is 8.68. The molecule has 2 heterocycles. The van der Waals surface area contributed by atoms with Gasteiger partial charge in [0.05, 0.1) is 18.9 Å². The normalized spacial score (nSPS) is 16.9. The van der Waals surface area contributed by atoms with Crippen molar-refractivity contribution in [2.24, 2.45) is 4.99 Å². The van der Waals surface area contributed by atoms with Crippen LogP contribution in [-0.2, 0) is 4.74 Å². The molecule has 150 valence electrons. The molecule has 1 aliphatic rings. The van der Waals surface area contributed by atoms with Gasteiger partial charge in [-0.2, -0.15) is 0 Å². The molecule has 1 amide bonds.